The molecule has 3 unspecified atom stereocenters. The van der Waals surface area contributed by atoms with Gasteiger partial charge in [0, 0.05) is 12.8 Å². The van der Waals surface area contributed by atoms with Crippen LogP contribution in [0, 0.1) is 0 Å². The van der Waals surface area contributed by atoms with Gasteiger partial charge < -0.3 is 20.7 Å². The van der Waals surface area contributed by atoms with Crippen molar-refractivity contribution in [1.29, 1.82) is 0 Å². The largest absolute Gasteiger partial charge is 0.394 e. The number of ether oxygens (including phenoxy) is 1. The van der Waals surface area contributed by atoms with Gasteiger partial charge >= 0.3 is 0 Å². The summed E-state index contributed by atoms with van der Waals surface area (Å²) in [7, 11) is 0. The summed E-state index contributed by atoms with van der Waals surface area (Å²) in [6.07, 6.45) is -0.152. The topological polar surface area (TPSA) is 75.7 Å². The van der Waals surface area contributed by atoms with E-state index < -0.39 is 12.3 Å². The molecule has 4 N–H and O–H groups in total. The van der Waals surface area contributed by atoms with E-state index in [4.69, 9.17) is 20.7 Å². The van der Waals surface area contributed by atoms with Gasteiger partial charge in [-0.2, -0.15) is 0 Å². The molecule has 1 saturated heterocycles. The second-order valence-electron chi connectivity index (χ2n) is 2.60. The molecule has 3 atom stereocenters. The molecule has 0 saturated carbocycles. The summed E-state index contributed by atoms with van der Waals surface area (Å²) in [5, 5.41) is 17.7. The molecule has 1 fully saturated rings. The maximum atomic E-state index is 9.11. The van der Waals surface area contributed by atoms with Gasteiger partial charge in [0.1, 0.15) is 6.23 Å². The van der Waals surface area contributed by atoms with Crippen LogP contribution in [0.4, 0.5) is 0 Å². The SMILES string of the molecule is NC1CC(O)CC(CO)O1. The number of hydrogen-bond acceptors (Lipinski definition) is 4. The van der Waals surface area contributed by atoms with Gasteiger partial charge in [-0.15, -0.1) is 0 Å². The quantitative estimate of drug-likeness (QED) is 0.435. The third-order valence-corrected chi connectivity index (χ3v) is 1.61. The molecule has 10 heavy (non-hydrogen) atoms. The Morgan fingerprint density at radius 2 is 2.20 bits per heavy atom. The van der Waals surface area contributed by atoms with Gasteiger partial charge in [0.2, 0.25) is 0 Å². The lowest BCUT2D eigenvalue weighted by atomic mass is 10.1. The lowest BCUT2D eigenvalue weighted by molar-refractivity contribution is -0.109. The molecular formula is C6H13NO3. The molecule has 1 aliphatic rings. The monoisotopic (exact) mass is 147 g/mol. The Morgan fingerprint density at radius 3 is 2.70 bits per heavy atom. The minimum absolute atomic E-state index is 0.0647. The minimum atomic E-state index is -0.416. The molecule has 0 aliphatic carbocycles. The van der Waals surface area contributed by atoms with Crippen LogP contribution in [-0.2, 0) is 4.74 Å². The van der Waals surface area contributed by atoms with Crippen LogP contribution >= 0.6 is 0 Å². The molecule has 0 aromatic rings. The van der Waals surface area contributed by atoms with E-state index in [1.807, 2.05) is 0 Å². The normalized spacial score (nSPS) is 41.7. The van der Waals surface area contributed by atoms with Crippen molar-refractivity contribution in [3.63, 3.8) is 0 Å². The number of rotatable bonds is 1. The zero-order chi connectivity index (χ0) is 7.56. The number of hydrogen-bond donors (Lipinski definition) is 3. The van der Waals surface area contributed by atoms with Crippen LogP contribution in [0.25, 0.3) is 0 Å². The van der Waals surface area contributed by atoms with Crippen molar-refractivity contribution in [3.8, 4) is 0 Å². The molecule has 1 aliphatic heterocycles. The molecule has 1 rings (SSSR count). The van der Waals surface area contributed by atoms with Crippen LogP contribution in [0.2, 0.25) is 0 Å². The molecule has 60 valence electrons. The van der Waals surface area contributed by atoms with Crippen LogP contribution in [0.15, 0.2) is 0 Å². The van der Waals surface area contributed by atoms with Crippen molar-refractivity contribution < 1.29 is 14.9 Å². The van der Waals surface area contributed by atoms with Crippen LogP contribution < -0.4 is 5.73 Å². The van der Waals surface area contributed by atoms with E-state index in [0.29, 0.717) is 12.8 Å². The van der Waals surface area contributed by atoms with Crippen LogP contribution in [-0.4, -0.2) is 35.3 Å². The Balaban J connectivity index is 2.35. The first kappa shape index (κ1) is 7.94. The van der Waals surface area contributed by atoms with E-state index in [9.17, 15) is 0 Å². The molecule has 0 aromatic carbocycles. The zero-order valence-corrected chi connectivity index (χ0v) is 5.73. The zero-order valence-electron chi connectivity index (χ0n) is 5.73. The average Bonchev–Trinajstić information content (AvgIpc) is 1.85. The van der Waals surface area contributed by atoms with Gasteiger partial charge in [0.05, 0.1) is 18.8 Å². The highest BCUT2D eigenvalue weighted by Gasteiger charge is 2.24. The molecule has 0 spiro atoms. The van der Waals surface area contributed by atoms with E-state index in [-0.39, 0.29) is 12.7 Å². The lowest BCUT2D eigenvalue weighted by Crippen LogP contribution is -2.41. The van der Waals surface area contributed by atoms with Gasteiger partial charge in [-0.25, -0.2) is 0 Å². The number of nitrogens with two attached hydrogens (primary N) is 1. The second kappa shape index (κ2) is 3.30. The predicted molar refractivity (Wildman–Crippen MR) is 35.2 cm³/mol. The molecular weight excluding hydrogens is 134 g/mol. The Kier molecular flexibility index (Phi) is 2.62. The van der Waals surface area contributed by atoms with E-state index in [0.717, 1.165) is 0 Å². The van der Waals surface area contributed by atoms with Crippen molar-refractivity contribution in [2.24, 2.45) is 5.73 Å². The second-order valence-corrected chi connectivity index (χ2v) is 2.60. The Hall–Kier alpha value is -0.160. The average molecular weight is 147 g/mol. The van der Waals surface area contributed by atoms with E-state index in [1.54, 1.807) is 0 Å². The highest BCUT2D eigenvalue weighted by Crippen LogP contribution is 2.15. The molecule has 0 radical (unpaired) electrons. The Morgan fingerprint density at radius 1 is 1.50 bits per heavy atom. The van der Waals surface area contributed by atoms with E-state index in [1.165, 1.54) is 0 Å². The Bertz CT molecular complexity index is 99.2. The molecule has 0 bridgehead atoms. The molecule has 1 heterocycles. The van der Waals surface area contributed by atoms with Crippen LogP contribution in [0.3, 0.4) is 0 Å². The van der Waals surface area contributed by atoms with Crippen molar-refractivity contribution in [3.05, 3.63) is 0 Å². The standard InChI is InChI=1S/C6H13NO3/c7-6-2-4(9)1-5(3-8)10-6/h4-6,8-9H,1-3,7H2. The van der Waals surface area contributed by atoms with Crippen LogP contribution in [0.5, 0.6) is 0 Å². The van der Waals surface area contributed by atoms with Crippen molar-refractivity contribution in [2.75, 3.05) is 6.61 Å². The summed E-state index contributed by atoms with van der Waals surface area (Å²) in [4.78, 5) is 0. The Labute approximate surface area is 59.6 Å². The smallest absolute Gasteiger partial charge is 0.108 e. The van der Waals surface area contributed by atoms with Gasteiger partial charge in [-0.3, -0.25) is 0 Å². The third kappa shape index (κ3) is 1.91. The van der Waals surface area contributed by atoms with E-state index in [2.05, 4.69) is 0 Å². The fraction of sp³-hybridized carbons (Fsp3) is 1.00. The number of aliphatic hydroxyl groups is 2. The maximum Gasteiger partial charge on any atom is 0.108 e. The van der Waals surface area contributed by atoms with Crippen molar-refractivity contribution in [1.82, 2.24) is 0 Å². The predicted octanol–water partition coefficient (Wildman–Crippen LogP) is -1.20. The summed E-state index contributed by atoms with van der Waals surface area (Å²) in [6.45, 7) is -0.0647. The minimum Gasteiger partial charge on any atom is -0.394 e. The van der Waals surface area contributed by atoms with Gasteiger partial charge in [0.25, 0.3) is 0 Å². The number of aliphatic hydroxyl groups excluding tert-OH is 2. The summed E-state index contributed by atoms with van der Waals surface area (Å²) < 4.78 is 5.07. The third-order valence-electron chi connectivity index (χ3n) is 1.61. The lowest BCUT2D eigenvalue weighted by Gasteiger charge is -2.29. The maximum absolute atomic E-state index is 9.11. The van der Waals surface area contributed by atoms with Crippen molar-refractivity contribution >= 4 is 0 Å². The van der Waals surface area contributed by atoms with Gasteiger partial charge in [-0.1, -0.05) is 0 Å². The first-order chi connectivity index (χ1) is 4.72. The fourth-order valence-electron chi connectivity index (χ4n) is 1.14. The first-order valence-electron chi connectivity index (χ1n) is 3.42. The summed E-state index contributed by atoms with van der Waals surface area (Å²) in [6, 6.07) is 0. The van der Waals surface area contributed by atoms with Gasteiger partial charge in [-0.05, 0) is 0 Å². The molecule has 4 heteroatoms. The van der Waals surface area contributed by atoms with Crippen LogP contribution in [0.1, 0.15) is 12.8 Å². The van der Waals surface area contributed by atoms with Crippen molar-refractivity contribution in [2.45, 2.75) is 31.3 Å². The molecule has 0 aromatic heterocycles. The summed E-state index contributed by atoms with van der Waals surface area (Å²) in [5.41, 5.74) is 5.40. The molecule has 4 nitrogen and oxygen atoms in total. The van der Waals surface area contributed by atoms with Gasteiger partial charge in [0.15, 0.2) is 0 Å². The fourth-order valence-corrected chi connectivity index (χ4v) is 1.14. The highest BCUT2D eigenvalue weighted by atomic mass is 16.5. The summed E-state index contributed by atoms with van der Waals surface area (Å²) >= 11 is 0. The molecule has 0 amide bonds. The first-order valence-corrected chi connectivity index (χ1v) is 3.42. The summed E-state index contributed by atoms with van der Waals surface area (Å²) in [5.74, 6) is 0. The highest BCUT2D eigenvalue weighted by molar-refractivity contribution is 4.73. The van der Waals surface area contributed by atoms with E-state index >= 15 is 0 Å².